The molecule has 0 atom stereocenters. The Bertz CT molecular complexity index is 116. The lowest BCUT2D eigenvalue weighted by molar-refractivity contribution is -0.214. The van der Waals surface area contributed by atoms with E-state index >= 15 is 0 Å². The molecular weight excluding hydrogens is 161 g/mol. The second kappa shape index (κ2) is 4.45. The summed E-state index contributed by atoms with van der Waals surface area (Å²) in [5.41, 5.74) is 0. The molecule has 0 rings (SSSR count). The van der Waals surface area contributed by atoms with Gasteiger partial charge in [0.1, 0.15) is 0 Å². The van der Waals surface area contributed by atoms with Crippen LogP contribution in [0, 0.1) is 0 Å². The molecule has 4 N–H and O–H groups in total. The average Bonchev–Trinajstić information content (AvgIpc) is 1.65. The largest absolute Gasteiger partial charge is 0.476 e. The summed E-state index contributed by atoms with van der Waals surface area (Å²) >= 11 is 0. The topological polar surface area (TPSA) is 89.8 Å². The molecule has 0 unspecified atom stereocenters. The van der Waals surface area contributed by atoms with Gasteiger partial charge >= 0.3 is 11.9 Å². The molecule has 0 aromatic carbocycles. The van der Waals surface area contributed by atoms with Crippen molar-refractivity contribution in [3.05, 3.63) is 0 Å². The summed E-state index contributed by atoms with van der Waals surface area (Å²) in [4.78, 5) is 9.85. The van der Waals surface area contributed by atoms with E-state index in [0.717, 1.165) is 0 Å². The quantitative estimate of drug-likeness (QED) is 0.398. The minimum Gasteiger partial charge on any atom is -0.476 e. The number of likely N-dealkylation sites (N-methyl/N-ethyl adjacent to an activating group) is 1. The second-order valence-corrected chi connectivity index (χ2v) is 1.51. The van der Waals surface area contributed by atoms with Gasteiger partial charge in [-0.15, -0.1) is 12.4 Å². The molecule has 0 aliphatic carbocycles. The van der Waals surface area contributed by atoms with Crippen LogP contribution in [0.1, 0.15) is 6.92 Å². The van der Waals surface area contributed by atoms with Crippen LogP contribution in [-0.4, -0.2) is 33.7 Å². The van der Waals surface area contributed by atoms with Crippen molar-refractivity contribution >= 4 is 18.4 Å². The van der Waals surface area contributed by atoms with Crippen LogP contribution >= 0.6 is 12.4 Å². The Morgan fingerprint density at radius 1 is 1.60 bits per heavy atom. The highest BCUT2D eigenvalue weighted by atomic mass is 35.5. The van der Waals surface area contributed by atoms with Crippen LogP contribution < -0.4 is 5.32 Å². The van der Waals surface area contributed by atoms with Gasteiger partial charge in [0.25, 0.3) is 0 Å². The Hall–Kier alpha value is -0.360. The van der Waals surface area contributed by atoms with Crippen LogP contribution in [-0.2, 0) is 4.79 Å². The van der Waals surface area contributed by atoms with Crippen molar-refractivity contribution in [3.63, 3.8) is 0 Å². The monoisotopic (exact) mass is 171 g/mol. The van der Waals surface area contributed by atoms with E-state index in [2.05, 4.69) is 0 Å². The van der Waals surface area contributed by atoms with Gasteiger partial charge < -0.3 is 15.3 Å². The van der Waals surface area contributed by atoms with E-state index in [1.54, 1.807) is 6.92 Å². The normalized spacial score (nSPS) is 10.3. The SMILES string of the molecule is CCNC(O)(O)C(=O)O.Cl. The number of carboxylic acid groups (broad SMARTS) is 1. The highest BCUT2D eigenvalue weighted by molar-refractivity contribution is 5.85. The van der Waals surface area contributed by atoms with E-state index in [9.17, 15) is 4.79 Å². The van der Waals surface area contributed by atoms with Gasteiger partial charge in [-0.25, -0.2) is 4.79 Å². The van der Waals surface area contributed by atoms with Gasteiger partial charge in [0.15, 0.2) is 0 Å². The molecule has 0 fully saturated rings. The molecule has 0 aliphatic heterocycles. The summed E-state index contributed by atoms with van der Waals surface area (Å²) in [6.07, 6.45) is 0. The van der Waals surface area contributed by atoms with Crippen molar-refractivity contribution in [2.75, 3.05) is 6.54 Å². The smallest absolute Gasteiger partial charge is 0.381 e. The predicted octanol–water partition coefficient (Wildman–Crippen LogP) is -1.26. The minimum atomic E-state index is -2.78. The number of halogens is 1. The fourth-order valence-corrected chi connectivity index (χ4v) is 0.322. The third-order valence-electron chi connectivity index (χ3n) is 0.721. The number of nitrogens with one attached hydrogen (secondary N) is 1. The van der Waals surface area contributed by atoms with Crippen molar-refractivity contribution in [1.29, 1.82) is 0 Å². The van der Waals surface area contributed by atoms with Gasteiger partial charge in [0, 0.05) is 0 Å². The first-order chi connectivity index (χ1) is 4.00. The van der Waals surface area contributed by atoms with Crippen LogP contribution in [0.25, 0.3) is 0 Å². The number of aliphatic carboxylic acids is 1. The lowest BCUT2D eigenvalue weighted by Gasteiger charge is -2.15. The Morgan fingerprint density at radius 3 is 2.10 bits per heavy atom. The standard InChI is InChI=1S/C4H9NO4.ClH/c1-2-5-4(8,9)3(6)7;/h5,8-9H,2H2,1H3,(H,6,7);1H. The maximum atomic E-state index is 9.85. The average molecular weight is 172 g/mol. The first kappa shape index (κ1) is 12.3. The zero-order chi connectivity index (χ0) is 7.49. The van der Waals surface area contributed by atoms with Gasteiger partial charge in [0.2, 0.25) is 0 Å². The Morgan fingerprint density at radius 2 is 2.00 bits per heavy atom. The molecular formula is C4H10ClNO4. The molecule has 0 bridgehead atoms. The van der Waals surface area contributed by atoms with Gasteiger partial charge in [-0.3, -0.25) is 5.32 Å². The summed E-state index contributed by atoms with van der Waals surface area (Å²) < 4.78 is 0. The van der Waals surface area contributed by atoms with E-state index in [0.29, 0.717) is 0 Å². The number of carbonyl (C=O) groups is 1. The lowest BCUT2D eigenvalue weighted by atomic mass is 10.5. The molecule has 0 amide bonds. The molecule has 6 heteroatoms. The predicted molar refractivity (Wildman–Crippen MR) is 35.7 cm³/mol. The van der Waals surface area contributed by atoms with Crippen molar-refractivity contribution in [3.8, 4) is 0 Å². The first-order valence-corrected chi connectivity index (χ1v) is 2.44. The lowest BCUT2D eigenvalue weighted by Crippen LogP contribution is -2.51. The fourth-order valence-electron chi connectivity index (χ4n) is 0.322. The van der Waals surface area contributed by atoms with E-state index in [1.807, 2.05) is 5.32 Å². The third kappa shape index (κ3) is 3.62. The zero-order valence-corrected chi connectivity index (χ0v) is 6.18. The number of rotatable bonds is 3. The zero-order valence-electron chi connectivity index (χ0n) is 5.37. The maximum absolute atomic E-state index is 9.85. The van der Waals surface area contributed by atoms with Crippen LogP contribution in [0.5, 0.6) is 0 Å². The molecule has 5 nitrogen and oxygen atoms in total. The fraction of sp³-hybridized carbons (Fsp3) is 0.750. The van der Waals surface area contributed by atoms with Crippen LogP contribution in [0.2, 0.25) is 0 Å². The highest BCUT2D eigenvalue weighted by Gasteiger charge is 2.31. The molecule has 0 saturated heterocycles. The van der Waals surface area contributed by atoms with Gasteiger partial charge in [0.05, 0.1) is 0 Å². The maximum Gasteiger partial charge on any atom is 0.381 e. The molecule has 0 aromatic rings. The van der Waals surface area contributed by atoms with Gasteiger partial charge in [-0.1, -0.05) is 6.92 Å². The molecule has 0 spiro atoms. The summed E-state index contributed by atoms with van der Waals surface area (Å²) in [7, 11) is 0. The summed E-state index contributed by atoms with van der Waals surface area (Å²) in [5, 5.41) is 26.8. The van der Waals surface area contributed by atoms with E-state index in [4.69, 9.17) is 15.3 Å². The first-order valence-electron chi connectivity index (χ1n) is 2.44. The summed E-state index contributed by atoms with van der Waals surface area (Å²) in [5.74, 6) is -4.49. The van der Waals surface area contributed by atoms with Crippen LogP contribution in [0.15, 0.2) is 0 Å². The molecule has 0 saturated carbocycles. The molecule has 0 aliphatic rings. The van der Waals surface area contributed by atoms with Gasteiger partial charge in [-0.2, -0.15) is 0 Å². The number of carboxylic acids is 1. The Labute approximate surface area is 64.1 Å². The van der Waals surface area contributed by atoms with Crippen LogP contribution in [0.4, 0.5) is 0 Å². The molecule has 10 heavy (non-hydrogen) atoms. The van der Waals surface area contributed by atoms with E-state index < -0.39 is 11.9 Å². The van der Waals surface area contributed by atoms with Crippen molar-refractivity contribution in [2.24, 2.45) is 0 Å². The van der Waals surface area contributed by atoms with Crippen molar-refractivity contribution in [2.45, 2.75) is 12.8 Å². The molecule has 0 aromatic heterocycles. The second-order valence-electron chi connectivity index (χ2n) is 1.51. The molecule has 0 radical (unpaired) electrons. The van der Waals surface area contributed by atoms with Crippen LogP contribution in [0.3, 0.4) is 0 Å². The Balaban J connectivity index is 0. The number of hydrogen-bond donors (Lipinski definition) is 4. The highest BCUT2D eigenvalue weighted by Crippen LogP contribution is 1.90. The Kier molecular flexibility index (Phi) is 5.49. The molecule has 62 valence electrons. The van der Waals surface area contributed by atoms with E-state index in [1.165, 1.54) is 0 Å². The third-order valence-corrected chi connectivity index (χ3v) is 0.721. The van der Waals surface area contributed by atoms with Gasteiger partial charge in [-0.05, 0) is 6.54 Å². The van der Waals surface area contributed by atoms with E-state index in [-0.39, 0.29) is 19.0 Å². The molecule has 0 heterocycles. The summed E-state index contributed by atoms with van der Waals surface area (Å²) in [6, 6.07) is 0. The summed E-state index contributed by atoms with van der Waals surface area (Å²) in [6.45, 7) is 1.74. The number of hydrogen-bond acceptors (Lipinski definition) is 4. The van der Waals surface area contributed by atoms with Crippen molar-refractivity contribution < 1.29 is 20.1 Å². The minimum absolute atomic E-state index is 0. The number of aliphatic hydroxyl groups is 2. The van der Waals surface area contributed by atoms with Crippen molar-refractivity contribution in [1.82, 2.24) is 5.32 Å².